The highest BCUT2D eigenvalue weighted by atomic mass is 32.2. The Balaban J connectivity index is 1.60. The Morgan fingerprint density at radius 3 is 2.81 bits per heavy atom. The number of benzene rings is 1. The van der Waals surface area contributed by atoms with Gasteiger partial charge in [0.25, 0.3) is 0 Å². The van der Waals surface area contributed by atoms with E-state index in [1.807, 2.05) is 19.1 Å². The predicted octanol–water partition coefficient (Wildman–Crippen LogP) is 1.92. The number of nitrogens with zero attached hydrogens (tertiary/aromatic N) is 3. The van der Waals surface area contributed by atoms with E-state index in [1.165, 1.54) is 11.0 Å². The molecule has 1 aliphatic heterocycles. The van der Waals surface area contributed by atoms with E-state index in [0.717, 1.165) is 0 Å². The van der Waals surface area contributed by atoms with Gasteiger partial charge in [-0.1, -0.05) is 25.1 Å². The predicted molar refractivity (Wildman–Crippen MR) is 140 cm³/mol. The topological polar surface area (TPSA) is 163 Å². The maximum atomic E-state index is 13.7. The number of aromatic amines is 1. The molecule has 1 aromatic carbocycles. The second-order valence-corrected chi connectivity index (χ2v) is 11.2. The molecule has 11 nitrogen and oxygen atoms in total. The number of anilines is 1. The Morgan fingerprint density at radius 1 is 1.27 bits per heavy atom. The molecular weight excluding hydrogens is 494 g/mol. The summed E-state index contributed by atoms with van der Waals surface area (Å²) in [5, 5.41) is 3.78. The molecule has 2 amide bonds. The number of carbonyl (C=O) groups excluding carboxylic acids is 2. The third kappa shape index (κ3) is 6.25. The van der Waals surface area contributed by atoms with Gasteiger partial charge in [-0.15, -0.1) is 0 Å². The van der Waals surface area contributed by atoms with Crippen molar-refractivity contribution in [2.24, 2.45) is 11.7 Å². The number of sulfonamides is 1. The largest absolute Gasteiger partial charge is 0.368 e. The number of carbonyl (C=O) groups is 2. The van der Waals surface area contributed by atoms with E-state index in [4.69, 9.17) is 5.73 Å². The molecule has 0 aliphatic carbocycles. The molecule has 1 aliphatic rings. The van der Waals surface area contributed by atoms with Gasteiger partial charge in [-0.25, -0.2) is 13.4 Å². The molecule has 2 aromatic heterocycles. The van der Waals surface area contributed by atoms with Crippen molar-refractivity contribution in [2.45, 2.75) is 56.5 Å². The Labute approximate surface area is 216 Å². The van der Waals surface area contributed by atoms with Gasteiger partial charge in [0.2, 0.25) is 21.8 Å². The van der Waals surface area contributed by atoms with Crippen LogP contribution in [0.2, 0.25) is 0 Å². The number of H-pyrrole nitrogens is 1. The minimum atomic E-state index is -4.13. The lowest BCUT2D eigenvalue weighted by Crippen LogP contribution is -2.57. The number of piperidine rings is 1. The molecular formula is C25H33N7O4S. The van der Waals surface area contributed by atoms with Crippen molar-refractivity contribution in [1.29, 1.82) is 0 Å². The van der Waals surface area contributed by atoms with Crippen LogP contribution in [0.3, 0.4) is 0 Å². The summed E-state index contributed by atoms with van der Waals surface area (Å²) in [6.45, 7) is 4.60. The fourth-order valence-corrected chi connectivity index (χ4v) is 6.06. The number of primary amides is 1. The zero-order valence-corrected chi connectivity index (χ0v) is 21.8. The molecule has 0 saturated carbocycles. The maximum Gasteiger partial charge on any atom is 0.243 e. The van der Waals surface area contributed by atoms with E-state index < -0.39 is 33.9 Å². The summed E-state index contributed by atoms with van der Waals surface area (Å²) in [4.78, 5) is 38.8. The first-order chi connectivity index (χ1) is 17.7. The first-order valence-corrected chi connectivity index (χ1v) is 13.9. The Hall–Kier alpha value is -3.51. The minimum Gasteiger partial charge on any atom is -0.368 e. The number of aromatic nitrogens is 3. The van der Waals surface area contributed by atoms with Crippen molar-refractivity contribution >= 4 is 38.7 Å². The maximum absolute atomic E-state index is 13.7. The Morgan fingerprint density at radius 2 is 2.08 bits per heavy atom. The van der Waals surface area contributed by atoms with Gasteiger partial charge in [-0.2, -0.15) is 4.72 Å². The van der Waals surface area contributed by atoms with Crippen LogP contribution in [0.1, 0.15) is 38.3 Å². The molecule has 0 radical (unpaired) electrons. The number of aryl methyl sites for hydroxylation is 1. The van der Waals surface area contributed by atoms with Crippen molar-refractivity contribution in [2.75, 3.05) is 18.4 Å². The Kier molecular flexibility index (Phi) is 8.08. The van der Waals surface area contributed by atoms with Crippen LogP contribution in [-0.2, 0) is 19.6 Å². The zero-order valence-electron chi connectivity index (χ0n) is 21.0. The molecule has 1 saturated heterocycles. The molecule has 0 bridgehead atoms. The van der Waals surface area contributed by atoms with Crippen LogP contribution in [0.4, 0.5) is 5.95 Å². The van der Waals surface area contributed by atoms with E-state index in [-0.39, 0.29) is 17.2 Å². The highest BCUT2D eigenvalue weighted by Crippen LogP contribution is 2.25. The van der Waals surface area contributed by atoms with Gasteiger partial charge in [0.15, 0.2) is 5.95 Å². The summed E-state index contributed by atoms with van der Waals surface area (Å²) in [7, 11) is -4.13. The van der Waals surface area contributed by atoms with Gasteiger partial charge in [0.1, 0.15) is 17.0 Å². The van der Waals surface area contributed by atoms with Gasteiger partial charge in [-0.3, -0.25) is 14.6 Å². The smallest absolute Gasteiger partial charge is 0.243 e. The molecule has 12 heteroatoms. The van der Waals surface area contributed by atoms with Crippen LogP contribution in [-0.4, -0.2) is 65.3 Å². The van der Waals surface area contributed by atoms with Gasteiger partial charge in [-0.05, 0) is 50.7 Å². The first-order valence-electron chi connectivity index (χ1n) is 12.4. The molecule has 3 aromatic rings. The summed E-state index contributed by atoms with van der Waals surface area (Å²) in [6, 6.07) is 6.68. The molecule has 0 spiro atoms. The van der Waals surface area contributed by atoms with Crippen molar-refractivity contribution in [3.63, 3.8) is 0 Å². The normalized spacial score (nSPS) is 19.0. The lowest BCUT2D eigenvalue weighted by molar-refractivity contribution is -0.143. The quantitative estimate of drug-likeness (QED) is 0.293. The number of para-hydroxylation sites is 1. The molecule has 198 valence electrons. The molecule has 3 atom stereocenters. The fourth-order valence-electron chi connectivity index (χ4n) is 4.67. The number of pyridine rings is 1. The number of hydrogen-bond acceptors (Lipinski definition) is 7. The second-order valence-electron chi connectivity index (χ2n) is 9.54. The molecule has 2 unspecified atom stereocenters. The van der Waals surface area contributed by atoms with Gasteiger partial charge in [0, 0.05) is 36.6 Å². The second kappa shape index (κ2) is 11.3. The monoisotopic (exact) mass is 527 g/mol. The number of nitrogens with two attached hydrogens (primary N) is 1. The number of amides is 2. The number of hydrogen-bond donors (Lipinski definition) is 4. The van der Waals surface area contributed by atoms with E-state index >= 15 is 0 Å². The van der Waals surface area contributed by atoms with E-state index in [2.05, 4.69) is 25.0 Å². The van der Waals surface area contributed by atoms with Crippen LogP contribution in [0.25, 0.3) is 10.9 Å². The van der Waals surface area contributed by atoms with Crippen molar-refractivity contribution in [3.05, 3.63) is 48.4 Å². The van der Waals surface area contributed by atoms with Crippen LogP contribution < -0.4 is 15.8 Å². The summed E-state index contributed by atoms with van der Waals surface area (Å²) in [5.74, 6) is -0.227. The summed E-state index contributed by atoms with van der Waals surface area (Å²) in [6.07, 6.45) is 5.14. The third-order valence-electron chi connectivity index (χ3n) is 6.64. The highest BCUT2D eigenvalue weighted by Gasteiger charge is 2.38. The van der Waals surface area contributed by atoms with E-state index in [9.17, 15) is 18.0 Å². The summed E-state index contributed by atoms with van der Waals surface area (Å²) >= 11 is 0. The van der Waals surface area contributed by atoms with Gasteiger partial charge >= 0.3 is 0 Å². The van der Waals surface area contributed by atoms with Crippen LogP contribution in [0.15, 0.2) is 47.6 Å². The number of rotatable bonds is 10. The van der Waals surface area contributed by atoms with Crippen LogP contribution in [0, 0.1) is 12.8 Å². The number of likely N-dealkylation sites (tertiary alicyclic amines) is 1. The van der Waals surface area contributed by atoms with Crippen molar-refractivity contribution in [1.82, 2.24) is 24.6 Å². The molecule has 3 heterocycles. The SMILES string of the molecule is Cc1ccc2cccc(S(=O)(=O)N[C@@H](CCCNc3ncc[nH]3)C(=O)N3CCC(C)CC3C(N)=O)c2n1. The van der Waals surface area contributed by atoms with Gasteiger partial charge < -0.3 is 20.9 Å². The van der Waals surface area contributed by atoms with Gasteiger partial charge in [0.05, 0.1) is 5.52 Å². The average Bonchev–Trinajstić information content (AvgIpc) is 3.38. The lowest BCUT2D eigenvalue weighted by Gasteiger charge is -2.38. The fraction of sp³-hybridized carbons (Fsp3) is 0.440. The number of imidazole rings is 1. The van der Waals surface area contributed by atoms with Crippen molar-refractivity contribution in [3.8, 4) is 0 Å². The summed E-state index contributed by atoms with van der Waals surface area (Å²) in [5.41, 5.74) is 6.64. The Bertz CT molecular complexity index is 1360. The average molecular weight is 528 g/mol. The van der Waals surface area contributed by atoms with Crippen LogP contribution in [0.5, 0.6) is 0 Å². The molecule has 1 fully saturated rings. The third-order valence-corrected chi connectivity index (χ3v) is 8.15. The first kappa shape index (κ1) is 26.6. The van der Waals surface area contributed by atoms with E-state index in [0.29, 0.717) is 54.9 Å². The zero-order chi connectivity index (χ0) is 26.6. The highest BCUT2D eigenvalue weighted by molar-refractivity contribution is 7.89. The van der Waals surface area contributed by atoms with Crippen LogP contribution >= 0.6 is 0 Å². The molecule has 4 rings (SSSR count). The number of fused-ring (bicyclic) bond motifs is 1. The van der Waals surface area contributed by atoms with Crippen molar-refractivity contribution < 1.29 is 18.0 Å². The standard InChI is InChI=1S/C25H33N7O4S/c1-16-10-14-32(20(15-16)23(26)33)24(34)19(6-4-11-27-25-28-12-13-29-25)31-37(35,36)21-7-3-5-18-9-8-17(2)30-22(18)21/h3,5,7-9,12-13,16,19-20,31H,4,6,10-11,14-15H2,1-2H3,(H2,26,33)(H2,27,28,29)/t16?,19-,20?/m0/s1. The summed E-state index contributed by atoms with van der Waals surface area (Å²) < 4.78 is 29.8. The van der Waals surface area contributed by atoms with E-state index in [1.54, 1.807) is 31.5 Å². The molecule has 5 N–H and O–H groups in total. The minimum absolute atomic E-state index is 0.000992. The number of nitrogens with one attached hydrogen (secondary N) is 3. The lowest BCUT2D eigenvalue weighted by atomic mass is 9.91. The molecule has 37 heavy (non-hydrogen) atoms.